The van der Waals surface area contributed by atoms with Crippen molar-refractivity contribution in [2.24, 2.45) is 0 Å². The van der Waals surface area contributed by atoms with Gasteiger partial charge in [0.2, 0.25) is 0 Å². The number of carbonyl (C=O) groups is 2. The number of H-pyrrole nitrogens is 1. The maximum absolute atomic E-state index is 12.1. The molecule has 1 aliphatic carbocycles. The molecular weight excluding hydrogens is 260 g/mol. The van der Waals surface area contributed by atoms with E-state index in [-0.39, 0.29) is 18.5 Å². The zero-order valence-corrected chi connectivity index (χ0v) is 11.5. The molecule has 0 aliphatic heterocycles. The number of nitrogens with one attached hydrogen (secondary N) is 2. The summed E-state index contributed by atoms with van der Waals surface area (Å²) in [7, 11) is 1.72. The molecule has 20 heavy (non-hydrogen) atoms. The van der Waals surface area contributed by atoms with Crippen molar-refractivity contribution in [3.63, 3.8) is 0 Å². The molecule has 110 valence electrons. The molecule has 7 nitrogen and oxygen atoms in total. The Labute approximate surface area is 117 Å². The van der Waals surface area contributed by atoms with E-state index in [9.17, 15) is 14.7 Å². The van der Waals surface area contributed by atoms with E-state index in [0.29, 0.717) is 5.69 Å². The van der Waals surface area contributed by atoms with Crippen LogP contribution in [0.3, 0.4) is 0 Å². The number of aliphatic carboxylic acids is 1. The molecule has 2 amide bonds. The number of hydrogen-bond acceptors (Lipinski definition) is 3. The molecule has 1 heterocycles. The van der Waals surface area contributed by atoms with Crippen LogP contribution in [-0.2, 0) is 11.2 Å². The molecular formula is C13H20N4O3. The fraction of sp³-hybridized carbons (Fsp3) is 0.615. The van der Waals surface area contributed by atoms with Crippen LogP contribution in [0, 0.1) is 0 Å². The summed E-state index contributed by atoms with van der Waals surface area (Å²) in [5.74, 6) is -1.05. The van der Waals surface area contributed by atoms with Gasteiger partial charge >= 0.3 is 12.0 Å². The van der Waals surface area contributed by atoms with Gasteiger partial charge in [-0.25, -0.2) is 14.6 Å². The topological polar surface area (TPSA) is 98.3 Å². The highest BCUT2D eigenvalue weighted by Crippen LogP contribution is 2.22. The normalized spacial score (nSPS) is 16.9. The van der Waals surface area contributed by atoms with Crippen LogP contribution in [0.25, 0.3) is 0 Å². The molecule has 3 N–H and O–H groups in total. The molecule has 0 spiro atoms. The molecule has 0 radical (unpaired) electrons. The molecule has 1 aliphatic rings. The molecule has 1 aromatic rings. The SMILES string of the molecule is CN(C(=O)N[C@@H](Cc1cnc[nH]1)C(=O)O)C1CCCC1. The van der Waals surface area contributed by atoms with Crippen LogP contribution >= 0.6 is 0 Å². The van der Waals surface area contributed by atoms with Crippen molar-refractivity contribution in [2.75, 3.05) is 7.05 Å². The van der Waals surface area contributed by atoms with Gasteiger partial charge < -0.3 is 20.3 Å². The summed E-state index contributed by atoms with van der Waals surface area (Å²) in [5.41, 5.74) is 0.682. The second-order valence-electron chi connectivity index (χ2n) is 5.17. The Kier molecular flexibility index (Phi) is 4.60. The minimum Gasteiger partial charge on any atom is -0.480 e. The summed E-state index contributed by atoms with van der Waals surface area (Å²) in [5, 5.41) is 11.8. The van der Waals surface area contributed by atoms with E-state index in [1.165, 1.54) is 6.33 Å². The Bertz CT molecular complexity index is 454. The zero-order chi connectivity index (χ0) is 14.5. The molecule has 1 atom stereocenters. The van der Waals surface area contributed by atoms with Gasteiger partial charge in [0.15, 0.2) is 0 Å². The molecule has 2 rings (SSSR count). The second-order valence-corrected chi connectivity index (χ2v) is 5.17. The van der Waals surface area contributed by atoms with E-state index >= 15 is 0 Å². The number of aromatic amines is 1. The first-order valence-electron chi connectivity index (χ1n) is 6.81. The lowest BCUT2D eigenvalue weighted by atomic mass is 10.1. The number of imidazole rings is 1. The number of rotatable bonds is 5. The van der Waals surface area contributed by atoms with E-state index in [4.69, 9.17) is 0 Å². The van der Waals surface area contributed by atoms with Crippen LogP contribution in [0.2, 0.25) is 0 Å². The van der Waals surface area contributed by atoms with Gasteiger partial charge in [0.1, 0.15) is 6.04 Å². The van der Waals surface area contributed by atoms with Gasteiger partial charge in [-0.15, -0.1) is 0 Å². The highest BCUT2D eigenvalue weighted by Gasteiger charge is 2.27. The molecule has 0 unspecified atom stereocenters. The first-order valence-corrected chi connectivity index (χ1v) is 6.81. The quantitative estimate of drug-likeness (QED) is 0.749. The molecule has 1 aromatic heterocycles. The standard InChI is InChI=1S/C13H20N4O3/c1-17(10-4-2-3-5-10)13(20)16-11(12(18)19)6-9-7-14-8-15-9/h7-8,10-11H,2-6H2,1H3,(H,14,15)(H,16,20)(H,18,19)/t11-/m0/s1. The number of hydrogen-bond donors (Lipinski definition) is 3. The summed E-state index contributed by atoms with van der Waals surface area (Å²) in [6.07, 6.45) is 7.46. The van der Waals surface area contributed by atoms with Crippen molar-refractivity contribution in [1.29, 1.82) is 0 Å². The van der Waals surface area contributed by atoms with Gasteiger partial charge in [-0.3, -0.25) is 0 Å². The predicted molar refractivity (Wildman–Crippen MR) is 72.3 cm³/mol. The van der Waals surface area contributed by atoms with Crippen LogP contribution < -0.4 is 5.32 Å². The van der Waals surface area contributed by atoms with Gasteiger partial charge in [-0.05, 0) is 12.8 Å². The summed E-state index contributed by atoms with van der Waals surface area (Å²) >= 11 is 0. The molecule has 0 bridgehead atoms. The fourth-order valence-corrected chi connectivity index (χ4v) is 2.52. The Hall–Kier alpha value is -2.05. The molecule has 1 fully saturated rings. The van der Waals surface area contributed by atoms with Crippen molar-refractivity contribution < 1.29 is 14.7 Å². The smallest absolute Gasteiger partial charge is 0.326 e. The summed E-state index contributed by atoms with van der Waals surface area (Å²) < 4.78 is 0. The lowest BCUT2D eigenvalue weighted by Crippen LogP contribution is -2.50. The maximum Gasteiger partial charge on any atom is 0.326 e. The second kappa shape index (κ2) is 6.40. The van der Waals surface area contributed by atoms with Crippen LogP contribution in [-0.4, -0.2) is 51.1 Å². The highest BCUT2D eigenvalue weighted by atomic mass is 16.4. The lowest BCUT2D eigenvalue weighted by molar-refractivity contribution is -0.139. The first-order chi connectivity index (χ1) is 9.58. The molecule has 7 heteroatoms. The Morgan fingerprint density at radius 2 is 2.25 bits per heavy atom. The minimum absolute atomic E-state index is 0.194. The van der Waals surface area contributed by atoms with Crippen LogP contribution in [0.4, 0.5) is 4.79 Å². The molecule has 0 saturated heterocycles. The molecule has 0 aromatic carbocycles. The number of nitrogens with zero attached hydrogens (tertiary/aromatic N) is 2. The Balaban J connectivity index is 1.93. The van der Waals surface area contributed by atoms with Crippen LogP contribution in [0.5, 0.6) is 0 Å². The monoisotopic (exact) mass is 280 g/mol. The van der Waals surface area contributed by atoms with Crippen molar-refractivity contribution in [3.05, 3.63) is 18.2 Å². The third-order valence-electron chi connectivity index (χ3n) is 3.77. The first kappa shape index (κ1) is 14.4. The number of carbonyl (C=O) groups excluding carboxylic acids is 1. The number of amides is 2. The summed E-state index contributed by atoms with van der Waals surface area (Å²) in [6, 6.07) is -1.06. The van der Waals surface area contributed by atoms with Gasteiger partial charge in [0, 0.05) is 31.4 Å². The fourth-order valence-electron chi connectivity index (χ4n) is 2.52. The average Bonchev–Trinajstić information content (AvgIpc) is 3.09. The molecule has 1 saturated carbocycles. The third kappa shape index (κ3) is 3.49. The van der Waals surface area contributed by atoms with Crippen molar-refractivity contribution in [2.45, 2.75) is 44.2 Å². The Morgan fingerprint density at radius 1 is 1.55 bits per heavy atom. The number of urea groups is 1. The van der Waals surface area contributed by atoms with E-state index in [0.717, 1.165) is 25.7 Å². The largest absolute Gasteiger partial charge is 0.480 e. The van der Waals surface area contributed by atoms with Crippen molar-refractivity contribution >= 4 is 12.0 Å². The van der Waals surface area contributed by atoms with Gasteiger partial charge in [-0.1, -0.05) is 12.8 Å². The van der Waals surface area contributed by atoms with Crippen molar-refractivity contribution in [3.8, 4) is 0 Å². The van der Waals surface area contributed by atoms with Crippen molar-refractivity contribution in [1.82, 2.24) is 20.2 Å². The number of carboxylic acid groups (broad SMARTS) is 1. The average molecular weight is 280 g/mol. The Morgan fingerprint density at radius 3 is 2.80 bits per heavy atom. The van der Waals surface area contributed by atoms with Gasteiger partial charge in [0.05, 0.1) is 6.33 Å². The van der Waals surface area contributed by atoms with E-state index in [1.807, 2.05) is 0 Å². The number of carboxylic acids is 1. The van der Waals surface area contributed by atoms with Crippen LogP contribution in [0.15, 0.2) is 12.5 Å². The van der Waals surface area contributed by atoms with Gasteiger partial charge in [-0.2, -0.15) is 0 Å². The maximum atomic E-state index is 12.1. The van der Waals surface area contributed by atoms with E-state index in [2.05, 4.69) is 15.3 Å². The minimum atomic E-state index is -1.05. The predicted octanol–water partition coefficient (Wildman–Crippen LogP) is 0.989. The number of aromatic nitrogens is 2. The van der Waals surface area contributed by atoms with Crippen LogP contribution in [0.1, 0.15) is 31.4 Å². The lowest BCUT2D eigenvalue weighted by Gasteiger charge is -2.26. The summed E-state index contributed by atoms with van der Waals surface area (Å²) in [6.45, 7) is 0. The van der Waals surface area contributed by atoms with Gasteiger partial charge in [0.25, 0.3) is 0 Å². The van der Waals surface area contributed by atoms with E-state index in [1.54, 1.807) is 18.1 Å². The zero-order valence-electron chi connectivity index (χ0n) is 11.5. The highest BCUT2D eigenvalue weighted by molar-refractivity contribution is 5.82. The summed E-state index contributed by atoms with van der Waals surface area (Å²) in [4.78, 5) is 31.6. The third-order valence-corrected chi connectivity index (χ3v) is 3.77. The van der Waals surface area contributed by atoms with E-state index < -0.39 is 12.0 Å².